The Bertz CT molecular complexity index is 545. The van der Waals surface area contributed by atoms with Gasteiger partial charge in [0.1, 0.15) is 5.76 Å². The van der Waals surface area contributed by atoms with E-state index in [1.54, 1.807) is 12.5 Å². The van der Waals surface area contributed by atoms with Crippen LogP contribution in [0.3, 0.4) is 0 Å². The predicted octanol–water partition coefficient (Wildman–Crippen LogP) is 3.58. The van der Waals surface area contributed by atoms with Crippen LogP contribution < -0.4 is 5.32 Å². The molecule has 2 rings (SSSR count). The molecule has 2 heterocycles. The quantitative estimate of drug-likeness (QED) is 0.911. The second-order valence-corrected chi connectivity index (χ2v) is 5.20. The Hall–Kier alpha value is -1.26. The van der Waals surface area contributed by atoms with Crippen LogP contribution in [0.25, 0.3) is 0 Å². The van der Waals surface area contributed by atoms with E-state index in [0.29, 0.717) is 5.02 Å². The van der Waals surface area contributed by atoms with Crippen LogP contribution in [-0.2, 0) is 6.42 Å². The molecule has 0 saturated carbocycles. The standard InChI is InChI=1S/C14H20ClN3O/c1-5-12-10(6-7-19-12)13(16-4)14-11(15)8-17-18(14)9(2)3/h6-9,13,16H,5H2,1-4H3. The molecule has 4 nitrogen and oxygen atoms in total. The summed E-state index contributed by atoms with van der Waals surface area (Å²) in [6.07, 6.45) is 4.28. The summed E-state index contributed by atoms with van der Waals surface area (Å²) in [5.41, 5.74) is 2.10. The van der Waals surface area contributed by atoms with Crippen molar-refractivity contribution in [2.24, 2.45) is 0 Å². The topological polar surface area (TPSA) is 43.0 Å². The molecule has 2 aromatic heterocycles. The zero-order valence-electron chi connectivity index (χ0n) is 11.8. The Morgan fingerprint density at radius 2 is 2.21 bits per heavy atom. The van der Waals surface area contributed by atoms with Gasteiger partial charge < -0.3 is 9.73 Å². The van der Waals surface area contributed by atoms with E-state index >= 15 is 0 Å². The maximum atomic E-state index is 6.32. The minimum absolute atomic E-state index is 0.00824. The van der Waals surface area contributed by atoms with E-state index in [1.165, 1.54) is 0 Å². The van der Waals surface area contributed by atoms with E-state index in [1.807, 2.05) is 17.8 Å². The van der Waals surface area contributed by atoms with Gasteiger partial charge >= 0.3 is 0 Å². The van der Waals surface area contributed by atoms with E-state index in [2.05, 4.69) is 31.2 Å². The molecule has 0 aliphatic carbocycles. The van der Waals surface area contributed by atoms with Crippen LogP contribution in [0.15, 0.2) is 22.9 Å². The molecule has 0 radical (unpaired) electrons. The summed E-state index contributed by atoms with van der Waals surface area (Å²) in [6, 6.07) is 2.25. The fourth-order valence-corrected chi connectivity index (χ4v) is 2.61. The minimum Gasteiger partial charge on any atom is -0.469 e. The lowest BCUT2D eigenvalue weighted by atomic mass is 10.0. The molecule has 104 valence electrons. The molecule has 0 spiro atoms. The number of hydrogen-bond acceptors (Lipinski definition) is 3. The number of aryl methyl sites for hydroxylation is 1. The Kier molecular flexibility index (Phi) is 4.32. The smallest absolute Gasteiger partial charge is 0.108 e. The fourth-order valence-electron chi connectivity index (χ4n) is 2.37. The Labute approximate surface area is 118 Å². The van der Waals surface area contributed by atoms with E-state index in [0.717, 1.165) is 23.4 Å². The predicted molar refractivity (Wildman–Crippen MR) is 76.6 cm³/mol. The van der Waals surface area contributed by atoms with Gasteiger partial charge in [0.2, 0.25) is 0 Å². The second kappa shape index (κ2) is 5.80. The van der Waals surface area contributed by atoms with Crippen molar-refractivity contribution in [3.63, 3.8) is 0 Å². The van der Waals surface area contributed by atoms with Gasteiger partial charge in [0, 0.05) is 18.0 Å². The van der Waals surface area contributed by atoms with Crippen LogP contribution in [0.1, 0.15) is 49.9 Å². The summed E-state index contributed by atoms with van der Waals surface area (Å²) in [5.74, 6) is 0.979. The molecule has 0 amide bonds. The average Bonchev–Trinajstić information content (AvgIpc) is 2.98. The summed E-state index contributed by atoms with van der Waals surface area (Å²) >= 11 is 6.32. The molecule has 1 atom stereocenters. The van der Waals surface area contributed by atoms with Crippen molar-refractivity contribution in [3.05, 3.63) is 40.6 Å². The van der Waals surface area contributed by atoms with Crippen molar-refractivity contribution in [1.29, 1.82) is 0 Å². The SMILES string of the molecule is CCc1occc1C(NC)c1c(Cl)cnn1C(C)C. The highest BCUT2D eigenvalue weighted by atomic mass is 35.5. The highest BCUT2D eigenvalue weighted by Gasteiger charge is 2.25. The molecule has 1 unspecified atom stereocenters. The van der Waals surface area contributed by atoms with Crippen molar-refractivity contribution in [1.82, 2.24) is 15.1 Å². The number of nitrogens with zero attached hydrogens (tertiary/aromatic N) is 2. The van der Waals surface area contributed by atoms with Crippen molar-refractivity contribution in [2.45, 2.75) is 39.3 Å². The highest BCUT2D eigenvalue weighted by Crippen LogP contribution is 2.32. The molecule has 0 fully saturated rings. The first-order valence-electron chi connectivity index (χ1n) is 6.56. The second-order valence-electron chi connectivity index (χ2n) is 4.79. The van der Waals surface area contributed by atoms with Gasteiger partial charge in [-0.1, -0.05) is 18.5 Å². The zero-order chi connectivity index (χ0) is 14.0. The Balaban J connectivity index is 2.51. The molecule has 0 aliphatic heterocycles. The number of furan rings is 1. The largest absolute Gasteiger partial charge is 0.469 e. The number of nitrogens with one attached hydrogen (secondary N) is 1. The molecular formula is C14H20ClN3O. The van der Waals surface area contributed by atoms with Gasteiger partial charge in [-0.05, 0) is 27.0 Å². The van der Waals surface area contributed by atoms with E-state index in [4.69, 9.17) is 16.0 Å². The number of aromatic nitrogens is 2. The molecule has 1 N–H and O–H groups in total. The molecule has 2 aromatic rings. The van der Waals surface area contributed by atoms with Crippen LogP contribution in [-0.4, -0.2) is 16.8 Å². The van der Waals surface area contributed by atoms with Crippen molar-refractivity contribution in [2.75, 3.05) is 7.05 Å². The summed E-state index contributed by atoms with van der Waals surface area (Å²) in [5, 5.41) is 8.35. The van der Waals surface area contributed by atoms with Crippen LogP contribution in [0, 0.1) is 0 Å². The summed E-state index contributed by atoms with van der Waals surface area (Å²) in [7, 11) is 1.92. The van der Waals surface area contributed by atoms with Crippen LogP contribution in [0.5, 0.6) is 0 Å². The molecule has 0 aliphatic rings. The van der Waals surface area contributed by atoms with Crippen LogP contribution in [0.4, 0.5) is 0 Å². The molecule has 0 saturated heterocycles. The van der Waals surface area contributed by atoms with E-state index in [-0.39, 0.29) is 12.1 Å². The first-order valence-corrected chi connectivity index (χ1v) is 6.94. The van der Waals surface area contributed by atoms with Gasteiger partial charge in [-0.2, -0.15) is 5.10 Å². The maximum Gasteiger partial charge on any atom is 0.108 e. The van der Waals surface area contributed by atoms with E-state index in [9.17, 15) is 0 Å². The maximum absolute atomic E-state index is 6.32. The van der Waals surface area contributed by atoms with Gasteiger partial charge in [-0.25, -0.2) is 0 Å². The minimum atomic E-state index is -0.00824. The van der Waals surface area contributed by atoms with Crippen LogP contribution >= 0.6 is 11.6 Å². The van der Waals surface area contributed by atoms with E-state index < -0.39 is 0 Å². The summed E-state index contributed by atoms with van der Waals surface area (Å²) in [6.45, 7) is 6.27. The normalized spacial score (nSPS) is 13.2. The van der Waals surface area contributed by atoms with Crippen LogP contribution in [0.2, 0.25) is 5.02 Å². The van der Waals surface area contributed by atoms with Gasteiger partial charge in [-0.3, -0.25) is 4.68 Å². The lowest BCUT2D eigenvalue weighted by Crippen LogP contribution is -2.23. The average molecular weight is 282 g/mol. The summed E-state index contributed by atoms with van der Waals surface area (Å²) < 4.78 is 7.48. The van der Waals surface area contributed by atoms with Crippen molar-refractivity contribution in [3.8, 4) is 0 Å². The number of rotatable bonds is 5. The van der Waals surface area contributed by atoms with Gasteiger partial charge in [0.25, 0.3) is 0 Å². The van der Waals surface area contributed by atoms with Crippen molar-refractivity contribution < 1.29 is 4.42 Å². The van der Waals surface area contributed by atoms with Gasteiger partial charge in [-0.15, -0.1) is 0 Å². The fraction of sp³-hybridized carbons (Fsp3) is 0.500. The lowest BCUT2D eigenvalue weighted by molar-refractivity contribution is 0.472. The Morgan fingerprint density at radius 3 is 2.79 bits per heavy atom. The molecule has 19 heavy (non-hydrogen) atoms. The van der Waals surface area contributed by atoms with Gasteiger partial charge in [0.15, 0.2) is 0 Å². The third-order valence-corrected chi connectivity index (χ3v) is 3.54. The zero-order valence-corrected chi connectivity index (χ0v) is 12.5. The monoisotopic (exact) mass is 281 g/mol. The first kappa shape index (κ1) is 14.2. The third kappa shape index (κ3) is 2.55. The summed E-state index contributed by atoms with van der Waals surface area (Å²) in [4.78, 5) is 0. The highest BCUT2D eigenvalue weighted by molar-refractivity contribution is 6.31. The molecular weight excluding hydrogens is 262 g/mol. The lowest BCUT2D eigenvalue weighted by Gasteiger charge is -2.20. The third-order valence-electron chi connectivity index (χ3n) is 3.25. The number of hydrogen-bond donors (Lipinski definition) is 1. The van der Waals surface area contributed by atoms with Gasteiger partial charge in [0.05, 0.1) is 29.2 Å². The number of halogens is 1. The first-order chi connectivity index (χ1) is 9.10. The van der Waals surface area contributed by atoms with Crippen molar-refractivity contribution >= 4 is 11.6 Å². The molecule has 5 heteroatoms. The molecule has 0 bridgehead atoms. The Morgan fingerprint density at radius 1 is 1.47 bits per heavy atom. The molecule has 0 aromatic carbocycles.